The average molecular weight is 844 g/mol. The number of aliphatic hydroxyl groups excluding tert-OH is 2. The molecule has 3 aliphatic heterocycles. The number of ether oxygens (including phenoxy) is 8. The number of nitrogens with zero attached hydrogens (tertiary/aromatic N) is 1. The quantitative estimate of drug-likeness (QED) is 0.146. The maximum atomic E-state index is 13.3. The predicted octanol–water partition coefficient (Wildman–Crippen LogP) is 2.42. The first-order valence-corrected chi connectivity index (χ1v) is 20.7. The molecule has 0 aromatic carbocycles. The molecule has 0 saturated carbocycles. The van der Waals surface area contributed by atoms with Crippen LogP contribution in [-0.4, -0.2) is 157 Å². The molecule has 3 N–H and O–H groups in total. The van der Waals surface area contributed by atoms with Crippen molar-refractivity contribution in [3.63, 3.8) is 0 Å². The fourth-order valence-electron chi connectivity index (χ4n) is 8.30. The topological polar surface area (TPSA) is 223 Å². The van der Waals surface area contributed by atoms with Crippen LogP contribution < -0.4 is 0 Å². The van der Waals surface area contributed by atoms with Gasteiger partial charge in [-0.1, -0.05) is 26.8 Å². The van der Waals surface area contributed by atoms with Crippen LogP contribution in [0, 0.1) is 17.8 Å². The summed E-state index contributed by atoms with van der Waals surface area (Å²) >= 11 is 0. The third-order valence-corrected chi connectivity index (χ3v) is 11.1. The van der Waals surface area contributed by atoms with Crippen LogP contribution in [-0.2, 0) is 61.9 Å². The molecule has 0 spiro atoms. The predicted molar refractivity (Wildman–Crippen MR) is 210 cm³/mol. The van der Waals surface area contributed by atoms with E-state index in [0.29, 0.717) is 6.29 Å². The molecule has 0 bridgehead atoms. The number of esters is 3. The second kappa shape index (κ2) is 22.8. The molecular formula is C42H69NO16. The maximum Gasteiger partial charge on any atom is 0.309 e. The molecule has 0 aromatic heterocycles. The molecule has 16 atom stereocenters. The summed E-state index contributed by atoms with van der Waals surface area (Å²) in [5, 5.41) is 34.0. The maximum absolute atomic E-state index is 13.3. The summed E-state index contributed by atoms with van der Waals surface area (Å²) in [6.45, 7) is 13.2. The number of carbonyl (C=O) groups excluding carboxylic acids is 5. The fourth-order valence-corrected chi connectivity index (χ4v) is 8.30. The Labute approximate surface area is 348 Å². The lowest BCUT2D eigenvalue weighted by Gasteiger charge is -2.50. The van der Waals surface area contributed by atoms with E-state index in [1.165, 1.54) is 13.2 Å². The van der Waals surface area contributed by atoms with Gasteiger partial charge in [-0.05, 0) is 72.5 Å². The van der Waals surface area contributed by atoms with Gasteiger partial charge in [-0.25, -0.2) is 0 Å². The van der Waals surface area contributed by atoms with Crippen molar-refractivity contribution in [2.45, 2.75) is 186 Å². The van der Waals surface area contributed by atoms with Crippen LogP contribution in [0.25, 0.3) is 0 Å². The largest absolute Gasteiger partial charge is 0.462 e. The number of likely N-dealkylation sites (N-methyl/N-ethyl adjacent to an activating group) is 1. The summed E-state index contributed by atoms with van der Waals surface area (Å²) in [6.07, 6.45) is -9.20. The summed E-state index contributed by atoms with van der Waals surface area (Å²) in [6, 6.07) is -0.812. The highest BCUT2D eigenvalue weighted by Gasteiger charge is 2.53. The van der Waals surface area contributed by atoms with Crippen LogP contribution in [0.5, 0.6) is 0 Å². The van der Waals surface area contributed by atoms with Gasteiger partial charge in [0.05, 0.1) is 36.9 Å². The van der Waals surface area contributed by atoms with Crippen LogP contribution in [0.4, 0.5) is 0 Å². The average Bonchev–Trinajstić information content (AvgIpc) is 3.10. The van der Waals surface area contributed by atoms with Crippen LogP contribution in [0.1, 0.15) is 100 Å². The smallest absolute Gasteiger partial charge is 0.309 e. The molecule has 338 valence electrons. The van der Waals surface area contributed by atoms with Crippen molar-refractivity contribution < 1.29 is 77.2 Å². The lowest BCUT2D eigenvalue weighted by atomic mass is 9.83. The van der Waals surface area contributed by atoms with Gasteiger partial charge in [0, 0.05) is 45.6 Å². The normalized spacial score (nSPS) is 40.0. The summed E-state index contributed by atoms with van der Waals surface area (Å²) in [5.74, 6) is -3.59. The fraction of sp³-hybridized carbons (Fsp3) is 0.833. The molecule has 0 radical (unpaired) electrons. The van der Waals surface area contributed by atoms with Crippen molar-refractivity contribution in [2.24, 2.45) is 17.8 Å². The van der Waals surface area contributed by atoms with Crippen LogP contribution in [0.2, 0.25) is 0 Å². The monoisotopic (exact) mass is 843 g/mol. The lowest BCUT2D eigenvalue weighted by molar-refractivity contribution is -0.344. The van der Waals surface area contributed by atoms with Crippen molar-refractivity contribution in [1.29, 1.82) is 0 Å². The highest BCUT2D eigenvalue weighted by atomic mass is 16.7. The van der Waals surface area contributed by atoms with Crippen molar-refractivity contribution >= 4 is 30.0 Å². The molecule has 0 amide bonds. The standard InChI is InChI=1S/C42H69NO16/c1-22(2)17-32(48)57-40-26(6)54-34(21-42(40,8)51)58-37-25(5)55-41(36(50)35(37)43(9)10)59-38-28(15-16-44)18-23(3)30(47)14-12-13-29(46)19-24(4)53-33(49)20-31(39(38)52-11)56-27(7)45/h12,14,16,22-26,28-29,31,34-41,46,50-51H,13,15,17-21H2,1-11H3/b14-12+/t23-,24-,25-,26+,28+,29-,31-,34+,35-,36-,37+,38+,39+,40+,41+,42-/m1/s1. The summed E-state index contributed by atoms with van der Waals surface area (Å²) in [7, 11) is 4.78. The first-order valence-electron chi connectivity index (χ1n) is 20.7. The molecule has 59 heavy (non-hydrogen) atoms. The molecule has 3 aliphatic rings. The Balaban J connectivity index is 1.98. The van der Waals surface area contributed by atoms with Gasteiger partial charge in [0.2, 0.25) is 0 Å². The first-order chi connectivity index (χ1) is 27.6. The number of aldehydes is 1. The van der Waals surface area contributed by atoms with E-state index in [4.69, 9.17) is 37.9 Å². The van der Waals surface area contributed by atoms with Gasteiger partial charge in [0.1, 0.15) is 42.4 Å². The summed E-state index contributed by atoms with van der Waals surface area (Å²) < 4.78 is 48.3. The lowest BCUT2D eigenvalue weighted by Crippen LogP contribution is -2.66. The number of hydrogen-bond donors (Lipinski definition) is 3. The molecule has 0 aromatic rings. The van der Waals surface area contributed by atoms with E-state index in [0.717, 1.165) is 6.92 Å². The molecule has 17 nitrogen and oxygen atoms in total. The second-order valence-corrected chi connectivity index (χ2v) is 17.3. The van der Waals surface area contributed by atoms with E-state index in [2.05, 4.69) is 0 Å². The van der Waals surface area contributed by atoms with Gasteiger partial charge in [-0.2, -0.15) is 0 Å². The Hall–Kier alpha value is -2.87. The number of allylic oxidation sites excluding steroid dienone is 1. The minimum absolute atomic E-state index is 0.0627. The number of hydrogen-bond acceptors (Lipinski definition) is 17. The molecule has 0 unspecified atom stereocenters. The second-order valence-electron chi connectivity index (χ2n) is 17.3. The molecule has 2 saturated heterocycles. The zero-order valence-electron chi connectivity index (χ0n) is 36.5. The van der Waals surface area contributed by atoms with Crippen molar-refractivity contribution in [2.75, 3.05) is 21.2 Å². The molecule has 3 rings (SSSR count). The van der Waals surface area contributed by atoms with E-state index < -0.39 is 121 Å². The molecule has 0 aliphatic carbocycles. The number of rotatable bonds is 12. The molecular weight excluding hydrogens is 774 g/mol. The third kappa shape index (κ3) is 14.6. The number of methoxy groups -OCH3 is 1. The SMILES string of the molecule is CO[C@@H]1[C@@H](O[C@@H]2O[C@H](C)[C@H](O[C@H]3C[C@@](C)(O)[C@@H](OC(=O)CC(C)C)[C@H](C)O3)[C@H](N(C)C)[C@H]2O)[C@@H](CC=O)C[C@@H](C)C(=O)/C=C/C[C@@H](O)C[C@@H](C)OC(=O)C[C@H]1OC(C)=O. The van der Waals surface area contributed by atoms with Gasteiger partial charge >= 0.3 is 17.9 Å². The number of carbonyl (C=O) groups is 5. The number of ketones is 1. The van der Waals surface area contributed by atoms with Gasteiger partial charge in [0.15, 0.2) is 24.5 Å². The van der Waals surface area contributed by atoms with Crippen LogP contribution in [0.3, 0.4) is 0 Å². The minimum atomic E-state index is -1.52. The number of cyclic esters (lactones) is 1. The van der Waals surface area contributed by atoms with E-state index in [-0.39, 0.29) is 50.2 Å². The summed E-state index contributed by atoms with van der Waals surface area (Å²) in [5.41, 5.74) is -1.52. The highest BCUT2D eigenvalue weighted by Crippen LogP contribution is 2.37. The Kier molecular flexibility index (Phi) is 19.5. The summed E-state index contributed by atoms with van der Waals surface area (Å²) in [4.78, 5) is 65.6. The van der Waals surface area contributed by atoms with Gasteiger partial charge in [0.25, 0.3) is 0 Å². The van der Waals surface area contributed by atoms with Crippen molar-refractivity contribution in [1.82, 2.24) is 4.90 Å². The Morgan fingerprint density at radius 3 is 2.25 bits per heavy atom. The Bertz CT molecular complexity index is 1420. The highest BCUT2D eigenvalue weighted by molar-refractivity contribution is 5.91. The molecule has 2 fully saturated rings. The first kappa shape index (κ1) is 50.5. The number of aliphatic hydroxyl groups is 3. The van der Waals surface area contributed by atoms with Crippen LogP contribution >= 0.6 is 0 Å². The Morgan fingerprint density at radius 1 is 1.00 bits per heavy atom. The van der Waals surface area contributed by atoms with E-state index in [9.17, 15) is 39.3 Å². The van der Waals surface area contributed by atoms with Crippen molar-refractivity contribution in [3.05, 3.63) is 12.2 Å². The Morgan fingerprint density at radius 2 is 1.68 bits per heavy atom. The third-order valence-electron chi connectivity index (χ3n) is 11.1. The zero-order chi connectivity index (χ0) is 44.4. The zero-order valence-corrected chi connectivity index (χ0v) is 36.5. The van der Waals surface area contributed by atoms with Gasteiger partial charge < -0.3 is 62.9 Å². The minimum Gasteiger partial charge on any atom is -0.462 e. The molecule has 17 heteroatoms. The molecule has 3 heterocycles. The van der Waals surface area contributed by atoms with Crippen molar-refractivity contribution in [3.8, 4) is 0 Å². The van der Waals surface area contributed by atoms with E-state index in [1.54, 1.807) is 59.7 Å². The van der Waals surface area contributed by atoms with Crippen LogP contribution in [0.15, 0.2) is 12.2 Å². The van der Waals surface area contributed by atoms with Gasteiger partial charge in [-0.3, -0.25) is 19.2 Å². The van der Waals surface area contributed by atoms with E-state index >= 15 is 0 Å². The van der Waals surface area contributed by atoms with E-state index in [1.807, 2.05) is 13.8 Å². The van der Waals surface area contributed by atoms with Gasteiger partial charge in [-0.15, -0.1) is 0 Å².